The number of likely N-dealkylation sites (tertiary alicyclic amines) is 1. The van der Waals surface area contributed by atoms with Crippen LogP contribution in [0.4, 0.5) is 8.78 Å². The van der Waals surface area contributed by atoms with Crippen molar-refractivity contribution in [1.29, 1.82) is 0 Å². The number of carbonyl (C=O) groups is 2. The van der Waals surface area contributed by atoms with E-state index in [0.717, 1.165) is 31.2 Å². The van der Waals surface area contributed by atoms with E-state index in [1.165, 1.54) is 0 Å². The molecule has 1 unspecified atom stereocenters. The quantitative estimate of drug-likeness (QED) is 0.826. The number of ketones is 1. The van der Waals surface area contributed by atoms with Crippen LogP contribution in [-0.2, 0) is 6.54 Å². The second-order valence-electron chi connectivity index (χ2n) is 6.52. The van der Waals surface area contributed by atoms with Crippen LogP contribution in [0.25, 0.3) is 0 Å². The van der Waals surface area contributed by atoms with Crippen molar-refractivity contribution < 1.29 is 23.5 Å². The number of halogens is 2. The van der Waals surface area contributed by atoms with Gasteiger partial charge in [-0.1, -0.05) is 18.2 Å². The Morgan fingerprint density at radius 3 is 2.65 bits per heavy atom. The molecule has 2 aromatic rings. The van der Waals surface area contributed by atoms with E-state index < -0.39 is 29.3 Å². The molecule has 1 aliphatic heterocycles. The van der Waals surface area contributed by atoms with Gasteiger partial charge >= 0.3 is 5.97 Å². The van der Waals surface area contributed by atoms with Gasteiger partial charge in [-0.25, -0.2) is 13.6 Å². The van der Waals surface area contributed by atoms with Gasteiger partial charge in [-0.3, -0.25) is 9.69 Å². The molecular weight excluding hydrogens is 340 g/mol. The number of carbonyl (C=O) groups excluding carboxylic acids is 1. The lowest BCUT2D eigenvalue weighted by molar-refractivity contribution is 0.0689. The molecule has 0 bridgehead atoms. The van der Waals surface area contributed by atoms with E-state index in [2.05, 4.69) is 0 Å². The summed E-state index contributed by atoms with van der Waals surface area (Å²) in [7, 11) is 0. The zero-order valence-electron chi connectivity index (χ0n) is 14.1. The number of carboxylic acid groups (broad SMARTS) is 1. The highest BCUT2D eigenvalue weighted by Crippen LogP contribution is 2.24. The highest BCUT2D eigenvalue weighted by molar-refractivity contribution is 5.98. The molecule has 0 amide bonds. The molecule has 1 aliphatic rings. The van der Waals surface area contributed by atoms with Crippen LogP contribution in [0, 0.1) is 17.6 Å². The van der Waals surface area contributed by atoms with Gasteiger partial charge < -0.3 is 5.11 Å². The van der Waals surface area contributed by atoms with Crippen molar-refractivity contribution in [1.82, 2.24) is 4.90 Å². The molecule has 1 fully saturated rings. The second kappa shape index (κ2) is 7.74. The van der Waals surface area contributed by atoms with Gasteiger partial charge in [-0.2, -0.15) is 0 Å². The van der Waals surface area contributed by atoms with Crippen molar-refractivity contribution in [2.75, 3.05) is 13.1 Å². The fourth-order valence-electron chi connectivity index (χ4n) is 3.43. The van der Waals surface area contributed by atoms with Crippen LogP contribution in [0.15, 0.2) is 42.5 Å². The molecule has 4 nitrogen and oxygen atoms in total. The molecule has 0 aromatic heterocycles. The Bertz CT molecular complexity index is 838. The number of aromatic carboxylic acids is 1. The first-order valence-electron chi connectivity index (χ1n) is 8.48. The summed E-state index contributed by atoms with van der Waals surface area (Å²) in [5, 5.41) is 9.29. The molecule has 6 heteroatoms. The lowest BCUT2D eigenvalue weighted by atomic mass is 9.89. The van der Waals surface area contributed by atoms with Crippen molar-refractivity contribution >= 4 is 11.8 Å². The fourth-order valence-corrected chi connectivity index (χ4v) is 3.43. The van der Waals surface area contributed by atoms with Crippen molar-refractivity contribution in [3.8, 4) is 0 Å². The Labute approximate surface area is 150 Å². The van der Waals surface area contributed by atoms with Gasteiger partial charge in [0.05, 0.1) is 11.1 Å². The number of carboxylic acids is 1. The summed E-state index contributed by atoms with van der Waals surface area (Å²) in [5.74, 6) is -3.19. The molecule has 1 atom stereocenters. The molecule has 0 aliphatic carbocycles. The SMILES string of the molecule is O=C(O)c1ccccc1CN1CCCC(C(=O)c2cc(F)ccc2F)C1. The zero-order valence-corrected chi connectivity index (χ0v) is 14.1. The molecule has 3 rings (SSSR count). The molecule has 1 saturated heterocycles. The molecule has 0 saturated carbocycles. The third kappa shape index (κ3) is 3.96. The number of hydrogen-bond donors (Lipinski definition) is 1. The van der Waals surface area contributed by atoms with Gasteiger partial charge in [0.25, 0.3) is 0 Å². The topological polar surface area (TPSA) is 57.6 Å². The Balaban J connectivity index is 1.75. The lowest BCUT2D eigenvalue weighted by Gasteiger charge is -2.32. The number of hydrogen-bond acceptors (Lipinski definition) is 3. The zero-order chi connectivity index (χ0) is 18.7. The van der Waals surface area contributed by atoms with Crippen LogP contribution in [0.3, 0.4) is 0 Å². The maximum Gasteiger partial charge on any atom is 0.336 e. The maximum absolute atomic E-state index is 13.9. The largest absolute Gasteiger partial charge is 0.478 e. The molecule has 1 N–H and O–H groups in total. The van der Waals surface area contributed by atoms with E-state index in [1.807, 2.05) is 4.90 Å². The Kier molecular flexibility index (Phi) is 5.42. The third-order valence-corrected chi connectivity index (χ3v) is 4.71. The molecule has 0 spiro atoms. The first-order valence-corrected chi connectivity index (χ1v) is 8.48. The van der Waals surface area contributed by atoms with E-state index >= 15 is 0 Å². The van der Waals surface area contributed by atoms with Crippen LogP contribution in [-0.4, -0.2) is 34.8 Å². The number of nitrogens with zero attached hydrogens (tertiary/aromatic N) is 1. The Morgan fingerprint density at radius 2 is 1.88 bits per heavy atom. The number of benzene rings is 2. The molecule has 2 aromatic carbocycles. The van der Waals surface area contributed by atoms with Crippen LogP contribution in [0.2, 0.25) is 0 Å². The first kappa shape index (κ1) is 18.2. The van der Waals surface area contributed by atoms with Gasteiger partial charge in [0.1, 0.15) is 11.6 Å². The van der Waals surface area contributed by atoms with Crippen molar-refractivity contribution in [3.05, 3.63) is 70.8 Å². The smallest absolute Gasteiger partial charge is 0.336 e. The summed E-state index contributed by atoms with van der Waals surface area (Å²) in [6.07, 6.45) is 1.34. The predicted octanol–water partition coefficient (Wildman–Crippen LogP) is 3.76. The van der Waals surface area contributed by atoms with Gasteiger partial charge in [0.2, 0.25) is 0 Å². The van der Waals surface area contributed by atoms with E-state index in [9.17, 15) is 23.5 Å². The average Bonchev–Trinajstić information content (AvgIpc) is 2.63. The van der Waals surface area contributed by atoms with Crippen molar-refractivity contribution in [3.63, 3.8) is 0 Å². The lowest BCUT2D eigenvalue weighted by Crippen LogP contribution is -2.38. The van der Waals surface area contributed by atoms with Gasteiger partial charge in [0.15, 0.2) is 5.78 Å². The Hall–Kier alpha value is -2.60. The summed E-state index contributed by atoms with van der Waals surface area (Å²) in [6.45, 7) is 1.52. The highest BCUT2D eigenvalue weighted by atomic mass is 19.1. The highest BCUT2D eigenvalue weighted by Gasteiger charge is 2.29. The summed E-state index contributed by atoms with van der Waals surface area (Å²) >= 11 is 0. The monoisotopic (exact) mass is 359 g/mol. The minimum absolute atomic E-state index is 0.220. The fraction of sp³-hybridized carbons (Fsp3) is 0.300. The van der Waals surface area contributed by atoms with Gasteiger partial charge in [-0.15, -0.1) is 0 Å². The van der Waals surface area contributed by atoms with Crippen LogP contribution < -0.4 is 0 Å². The first-order chi connectivity index (χ1) is 12.5. The van der Waals surface area contributed by atoms with Crippen LogP contribution >= 0.6 is 0 Å². The summed E-state index contributed by atoms with van der Waals surface area (Å²) in [4.78, 5) is 26.0. The Morgan fingerprint density at radius 1 is 1.12 bits per heavy atom. The van der Waals surface area contributed by atoms with E-state index in [1.54, 1.807) is 24.3 Å². The standard InChI is InChI=1S/C20H19F2NO3/c21-15-7-8-18(22)17(10-15)19(24)14-5-3-9-23(12-14)11-13-4-1-2-6-16(13)20(25)26/h1-2,4,6-8,10,14H,3,5,9,11-12H2,(H,25,26). The minimum Gasteiger partial charge on any atom is -0.478 e. The van der Waals surface area contributed by atoms with E-state index in [0.29, 0.717) is 25.1 Å². The minimum atomic E-state index is -0.993. The summed E-state index contributed by atoms with van der Waals surface area (Å²) in [6, 6.07) is 9.64. The summed E-state index contributed by atoms with van der Waals surface area (Å²) in [5.41, 5.74) is 0.685. The van der Waals surface area contributed by atoms with E-state index in [4.69, 9.17) is 0 Å². The maximum atomic E-state index is 13.9. The molecule has 1 heterocycles. The number of rotatable bonds is 5. The normalized spacial score (nSPS) is 17.8. The van der Waals surface area contributed by atoms with Crippen molar-refractivity contribution in [2.24, 2.45) is 5.92 Å². The van der Waals surface area contributed by atoms with Gasteiger partial charge in [-0.05, 0) is 49.2 Å². The van der Waals surface area contributed by atoms with Crippen LogP contribution in [0.1, 0.15) is 39.1 Å². The molecular formula is C20H19F2NO3. The molecule has 0 radical (unpaired) electrons. The average molecular weight is 359 g/mol. The van der Waals surface area contributed by atoms with Crippen molar-refractivity contribution in [2.45, 2.75) is 19.4 Å². The number of piperidine rings is 1. The summed E-state index contributed by atoms with van der Waals surface area (Å²) < 4.78 is 27.3. The molecule has 26 heavy (non-hydrogen) atoms. The third-order valence-electron chi connectivity index (χ3n) is 4.71. The predicted molar refractivity (Wildman–Crippen MR) is 92.1 cm³/mol. The van der Waals surface area contributed by atoms with Gasteiger partial charge in [0, 0.05) is 19.0 Å². The second-order valence-corrected chi connectivity index (χ2v) is 6.52. The number of Topliss-reactive ketones (excluding diaryl/α,β-unsaturated/α-hetero) is 1. The molecule has 136 valence electrons. The van der Waals surface area contributed by atoms with Crippen LogP contribution in [0.5, 0.6) is 0 Å². The van der Waals surface area contributed by atoms with E-state index in [-0.39, 0.29) is 11.1 Å².